The third-order valence-electron chi connectivity index (χ3n) is 3.78. The highest BCUT2D eigenvalue weighted by Crippen LogP contribution is 2.30. The lowest BCUT2D eigenvalue weighted by Crippen LogP contribution is -2.40. The van der Waals surface area contributed by atoms with Crippen LogP contribution in [0.1, 0.15) is 23.2 Å². The molecule has 7 nitrogen and oxygen atoms in total. The summed E-state index contributed by atoms with van der Waals surface area (Å²) >= 11 is 0. The zero-order valence-electron chi connectivity index (χ0n) is 12.2. The Labute approximate surface area is 123 Å². The van der Waals surface area contributed by atoms with E-state index in [0.29, 0.717) is 18.8 Å². The van der Waals surface area contributed by atoms with Crippen molar-refractivity contribution in [1.82, 2.24) is 4.90 Å². The van der Waals surface area contributed by atoms with Crippen LogP contribution in [0, 0.1) is 10.1 Å². The fourth-order valence-corrected chi connectivity index (χ4v) is 2.58. The van der Waals surface area contributed by atoms with E-state index >= 15 is 0 Å². The summed E-state index contributed by atoms with van der Waals surface area (Å²) in [7, 11) is 3.25. The molecule has 21 heavy (non-hydrogen) atoms. The molecule has 7 heteroatoms. The Hall–Kier alpha value is -2.15. The number of hydrogen-bond acceptors (Lipinski definition) is 5. The van der Waals surface area contributed by atoms with Crippen LogP contribution in [0.4, 0.5) is 11.4 Å². The smallest absolute Gasteiger partial charge is 0.305 e. The summed E-state index contributed by atoms with van der Waals surface area (Å²) in [5.41, 5.74) is 0.305. The van der Waals surface area contributed by atoms with Crippen molar-refractivity contribution in [2.75, 3.05) is 32.6 Å². The van der Waals surface area contributed by atoms with Gasteiger partial charge in [-0.2, -0.15) is 0 Å². The van der Waals surface area contributed by atoms with Crippen molar-refractivity contribution in [1.29, 1.82) is 0 Å². The Kier molecular flexibility index (Phi) is 4.74. The molecule has 0 atom stereocenters. The largest absolute Gasteiger partial charge is 0.383 e. The van der Waals surface area contributed by atoms with Crippen LogP contribution in [-0.4, -0.2) is 49.1 Å². The van der Waals surface area contributed by atoms with Gasteiger partial charge in [0.25, 0.3) is 5.91 Å². The van der Waals surface area contributed by atoms with Crippen LogP contribution in [-0.2, 0) is 4.74 Å². The molecule has 0 aromatic heterocycles. The lowest BCUT2D eigenvalue weighted by molar-refractivity contribution is -0.384. The SMILES string of the molecule is CNc1cccc(C(=O)N2CCC(OC)CC2)c1[N+](=O)[O-]. The van der Waals surface area contributed by atoms with E-state index in [1.54, 1.807) is 31.2 Å². The van der Waals surface area contributed by atoms with E-state index in [1.807, 2.05) is 0 Å². The number of ether oxygens (including phenoxy) is 1. The van der Waals surface area contributed by atoms with E-state index < -0.39 is 4.92 Å². The van der Waals surface area contributed by atoms with Crippen molar-refractivity contribution in [3.05, 3.63) is 33.9 Å². The molecule has 0 bridgehead atoms. The average molecular weight is 293 g/mol. The number of carbonyl (C=O) groups excluding carboxylic acids is 1. The number of piperidine rings is 1. The number of hydrogen-bond donors (Lipinski definition) is 1. The maximum absolute atomic E-state index is 12.5. The summed E-state index contributed by atoms with van der Waals surface area (Å²) in [6.07, 6.45) is 1.66. The van der Waals surface area contributed by atoms with Crippen molar-refractivity contribution >= 4 is 17.3 Å². The number of nitrogens with one attached hydrogen (secondary N) is 1. The van der Waals surface area contributed by atoms with E-state index in [0.717, 1.165) is 12.8 Å². The van der Waals surface area contributed by atoms with E-state index in [-0.39, 0.29) is 23.3 Å². The number of amides is 1. The molecule has 0 aliphatic carbocycles. The number of likely N-dealkylation sites (tertiary alicyclic amines) is 1. The molecule has 1 fully saturated rings. The molecular formula is C14H19N3O4. The standard InChI is InChI=1S/C14H19N3O4/c1-15-12-5-3-4-11(13(12)17(19)20)14(18)16-8-6-10(21-2)7-9-16/h3-5,10,15H,6-9H2,1-2H3. The number of anilines is 1. The first-order valence-electron chi connectivity index (χ1n) is 6.85. The van der Waals surface area contributed by atoms with Gasteiger partial charge in [0.05, 0.1) is 11.0 Å². The summed E-state index contributed by atoms with van der Waals surface area (Å²) in [4.78, 5) is 24.9. The van der Waals surface area contributed by atoms with Crippen LogP contribution in [0.2, 0.25) is 0 Å². The zero-order chi connectivity index (χ0) is 15.4. The lowest BCUT2D eigenvalue weighted by atomic mass is 10.0. The summed E-state index contributed by atoms with van der Waals surface area (Å²) in [5, 5.41) is 14.0. The number of benzene rings is 1. The van der Waals surface area contributed by atoms with Gasteiger partial charge in [0.1, 0.15) is 11.3 Å². The second-order valence-electron chi connectivity index (χ2n) is 4.94. The average Bonchev–Trinajstić information content (AvgIpc) is 2.53. The first kappa shape index (κ1) is 15.2. The zero-order valence-corrected chi connectivity index (χ0v) is 12.2. The van der Waals surface area contributed by atoms with Crippen molar-refractivity contribution in [2.24, 2.45) is 0 Å². The molecule has 1 aromatic rings. The van der Waals surface area contributed by atoms with Crippen molar-refractivity contribution in [3.8, 4) is 0 Å². The molecule has 1 amide bonds. The number of carbonyl (C=O) groups is 1. The van der Waals surface area contributed by atoms with Crippen LogP contribution in [0.15, 0.2) is 18.2 Å². The minimum Gasteiger partial charge on any atom is -0.383 e. The Morgan fingerprint density at radius 2 is 2.10 bits per heavy atom. The Morgan fingerprint density at radius 1 is 1.43 bits per heavy atom. The minimum absolute atomic E-state index is 0.128. The van der Waals surface area contributed by atoms with Gasteiger partial charge in [-0.3, -0.25) is 14.9 Å². The van der Waals surface area contributed by atoms with E-state index in [9.17, 15) is 14.9 Å². The monoisotopic (exact) mass is 293 g/mol. The normalized spacial score (nSPS) is 15.8. The lowest BCUT2D eigenvalue weighted by Gasteiger charge is -2.31. The summed E-state index contributed by atoms with van der Waals surface area (Å²) in [5.74, 6) is -0.298. The molecule has 114 valence electrons. The number of nitrogens with zero attached hydrogens (tertiary/aromatic N) is 2. The van der Waals surface area contributed by atoms with Gasteiger partial charge in [-0.05, 0) is 25.0 Å². The van der Waals surface area contributed by atoms with Crippen LogP contribution in [0.3, 0.4) is 0 Å². The van der Waals surface area contributed by atoms with Crippen LogP contribution >= 0.6 is 0 Å². The second-order valence-corrected chi connectivity index (χ2v) is 4.94. The fraction of sp³-hybridized carbons (Fsp3) is 0.500. The third kappa shape index (κ3) is 3.13. The highest BCUT2D eigenvalue weighted by molar-refractivity contribution is 6.00. The van der Waals surface area contributed by atoms with Crippen LogP contribution in [0.25, 0.3) is 0 Å². The van der Waals surface area contributed by atoms with E-state index in [2.05, 4.69) is 5.32 Å². The molecule has 1 aliphatic heterocycles. The molecular weight excluding hydrogens is 274 g/mol. The quantitative estimate of drug-likeness (QED) is 0.677. The number of nitro groups is 1. The van der Waals surface area contributed by atoms with Crippen molar-refractivity contribution < 1.29 is 14.5 Å². The Bertz CT molecular complexity index is 539. The maximum atomic E-state index is 12.5. The highest BCUT2D eigenvalue weighted by atomic mass is 16.6. The molecule has 1 N–H and O–H groups in total. The van der Waals surface area contributed by atoms with Gasteiger partial charge in [0, 0.05) is 27.2 Å². The first-order valence-corrected chi connectivity index (χ1v) is 6.85. The predicted molar refractivity (Wildman–Crippen MR) is 78.6 cm³/mol. The molecule has 0 spiro atoms. The van der Waals surface area contributed by atoms with Gasteiger partial charge in [-0.15, -0.1) is 0 Å². The van der Waals surface area contributed by atoms with Gasteiger partial charge in [-0.1, -0.05) is 6.07 Å². The van der Waals surface area contributed by atoms with Crippen molar-refractivity contribution in [3.63, 3.8) is 0 Å². The van der Waals surface area contributed by atoms with Gasteiger partial charge < -0.3 is 15.0 Å². The van der Waals surface area contributed by atoms with Gasteiger partial charge in [0.2, 0.25) is 0 Å². The number of methoxy groups -OCH3 is 1. The Morgan fingerprint density at radius 3 is 2.62 bits per heavy atom. The maximum Gasteiger partial charge on any atom is 0.305 e. The third-order valence-corrected chi connectivity index (χ3v) is 3.78. The molecule has 0 radical (unpaired) electrons. The van der Waals surface area contributed by atoms with Crippen LogP contribution in [0.5, 0.6) is 0 Å². The predicted octanol–water partition coefficient (Wildman–Crippen LogP) is 1.89. The summed E-state index contributed by atoms with van der Waals surface area (Å²) in [6, 6.07) is 4.74. The topological polar surface area (TPSA) is 84.7 Å². The fourth-order valence-electron chi connectivity index (χ4n) is 2.58. The molecule has 1 saturated heterocycles. The molecule has 1 heterocycles. The number of para-hydroxylation sites is 1. The second kappa shape index (κ2) is 6.53. The summed E-state index contributed by atoms with van der Waals surface area (Å²) < 4.78 is 5.27. The molecule has 2 rings (SSSR count). The molecule has 1 aromatic carbocycles. The van der Waals surface area contributed by atoms with Crippen LogP contribution < -0.4 is 5.32 Å². The van der Waals surface area contributed by atoms with Gasteiger partial charge in [0.15, 0.2) is 0 Å². The molecule has 0 saturated carbocycles. The molecule has 0 unspecified atom stereocenters. The Balaban J connectivity index is 2.26. The number of nitro benzene ring substituents is 1. The van der Waals surface area contributed by atoms with Crippen molar-refractivity contribution in [2.45, 2.75) is 18.9 Å². The van der Waals surface area contributed by atoms with Gasteiger partial charge >= 0.3 is 5.69 Å². The van der Waals surface area contributed by atoms with Gasteiger partial charge in [-0.25, -0.2) is 0 Å². The molecule has 1 aliphatic rings. The number of rotatable bonds is 4. The highest BCUT2D eigenvalue weighted by Gasteiger charge is 2.29. The van der Waals surface area contributed by atoms with E-state index in [1.165, 1.54) is 6.07 Å². The van der Waals surface area contributed by atoms with E-state index in [4.69, 9.17) is 4.74 Å². The summed E-state index contributed by atoms with van der Waals surface area (Å²) in [6.45, 7) is 1.11. The minimum atomic E-state index is -0.513. The first-order chi connectivity index (χ1) is 10.1.